The topological polar surface area (TPSA) is 103 Å². The molecule has 0 amide bonds. The van der Waals surface area contributed by atoms with E-state index < -0.39 is 35.1 Å². The zero-order valence-corrected chi connectivity index (χ0v) is 13.8. The number of nitrogens with one attached hydrogen (secondary N) is 1. The van der Waals surface area contributed by atoms with Crippen molar-refractivity contribution in [2.24, 2.45) is 5.41 Å². The average Bonchev–Trinajstić information content (AvgIpc) is 2.56. The molecule has 0 bridgehead atoms. The Morgan fingerprint density at radius 3 is 2.25 bits per heavy atom. The van der Waals surface area contributed by atoms with Crippen LogP contribution in [0.3, 0.4) is 0 Å². The summed E-state index contributed by atoms with van der Waals surface area (Å²) in [6.07, 6.45) is 4.57. The minimum Gasteiger partial charge on any atom is -0.468 e. The van der Waals surface area contributed by atoms with Crippen molar-refractivity contribution in [1.29, 1.82) is 0 Å². The second-order valence-electron chi connectivity index (χ2n) is 5.25. The summed E-state index contributed by atoms with van der Waals surface area (Å²) >= 11 is 0. The van der Waals surface area contributed by atoms with E-state index in [2.05, 4.69) is 20.4 Å². The summed E-state index contributed by atoms with van der Waals surface area (Å²) in [5.74, 6) is -0.217. The fourth-order valence-electron chi connectivity index (χ4n) is 2.36. The summed E-state index contributed by atoms with van der Waals surface area (Å²) in [5.41, 5.74) is -2.06. The maximum absolute atomic E-state index is 12.5. The van der Waals surface area contributed by atoms with E-state index in [0.29, 0.717) is 5.69 Å². The summed E-state index contributed by atoms with van der Waals surface area (Å²) in [6, 6.07) is 2.89. The predicted octanol–water partition coefficient (Wildman–Crippen LogP) is 1.00. The first-order valence-corrected chi connectivity index (χ1v) is 7.15. The lowest BCUT2D eigenvalue weighted by molar-refractivity contribution is -0.169. The molecule has 7 nitrogen and oxygen atoms in total. The molecule has 0 aliphatic rings. The van der Waals surface area contributed by atoms with E-state index in [9.17, 15) is 19.2 Å². The molecule has 1 aromatic rings. The number of aromatic nitrogens is 1. The highest BCUT2D eigenvalue weighted by molar-refractivity contribution is 6.07. The average molecular weight is 333 g/mol. The Hall–Kier alpha value is -2.88. The first-order valence-electron chi connectivity index (χ1n) is 7.15. The highest BCUT2D eigenvalue weighted by Gasteiger charge is 2.49. The van der Waals surface area contributed by atoms with Gasteiger partial charge in [0, 0.05) is 18.5 Å². The van der Waals surface area contributed by atoms with Crippen molar-refractivity contribution in [3.63, 3.8) is 0 Å². The first kappa shape index (κ1) is 19.2. The highest BCUT2D eigenvalue weighted by atomic mass is 16.5. The third kappa shape index (κ3) is 3.90. The number of hydrogen-bond acceptors (Lipinski definition) is 6. The summed E-state index contributed by atoms with van der Waals surface area (Å²) in [6.45, 7) is 1.66. The van der Waals surface area contributed by atoms with Gasteiger partial charge in [-0.15, -0.1) is 12.3 Å². The van der Waals surface area contributed by atoms with Gasteiger partial charge in [0.1, 0.15) is 0 Å². The molecular formula is C17H19NO6. The van der Waals surface area contributed by atoms with Gasteiger partial charge in [-0.3, -0.25) is 19.2 Å². The van der Waals surface area contributed by atoms with Crippen molar-refractivity contribution in [3.05, 3.63) is 33.7 Å². The van der Waals surface area contributed by atoms with Crippen molar-refractivity contribution in [2.45, 2.75) is 26.2 Å². The predicted molar refractivity (Wildman–Crippen MR) is 85.3 cm³/mol. The van der Waals surface area contributed by atoms with Crippen molar-refractivity contribution in [1.82, 2.24) is 4.98 Å². The molecule has 0 spiro atoms. The number of ether oxygens (including phenoxy) is 2. The zero-order valence-electron chi connectivity index (χ0n) is 13.8. The second kappa shape index (κ2) is 8.11. The fourth-order valence-corrected chi connectivity index (χ4v) is 2.36. The number of aryl methyl sites for hydroxylation is 1. The smallest absolute Gasteiger partial charge is 0.323 e. The third-order valence-electron chi connectivity index (χ3n) is 3.67. The molecule has 0 aliphatic heterocycles. The van der Waals surface area contributed by atoms with Crippen molar-refractivity contribution >= 4 is 17.7 Å². The van der Waals surface area contributed by atoms with Gasteiger partial charge in [-0.25, -0.2) is 0 Å². The van der Waals surface area contributed by atoms with Crippen LogP contribution in [0, 0.1) is 24.7 Å². The minimum atomic E-state index is -1.88. The Kier molecular flexibility index (Phi) is 6.48. The van der Waals surface area contributed by atoms with Gasteiger partial charge in [-0.05, 0) is 25.5 Å². The Bertz CT molecular complexity index is 724. The molecule has 0 atom stereocenters. The number of Topliss-reactive ketones (excluding diaryl/α,β-unsaturated/α-hetero) is 1. The van der Waals surface area contributed by atoms with Crippen molar-refractivity contribution in [2.75, 3.05) is 14.2 Å². The summed E-state index contributed by atoms with van der Waals surface area (Å²) < 4.78 is 9.35. The Morgan fingerprint density at radius 1 is 1.21 bits per heavy atom. The van der Waals surface area contributed by atoms with Crippen LogP contribution in [0.15, 0.2) is 16.9 Å². The first-order chi connectivity index (χ1) is 11.3. The molecule has 7 heteroatoms. The fraction of sp³-hybridized carbons (Fsp3) is 0.412. The number of esters is 2. The lowest BCUT2D eigenvalue weighted by atomic mass is 9.77. The molecule has 1 aromatic heterocycles. The monoisotopic (exact) mass is 333 g/mol. The van der Waals surface area contributed by atoms with Gasteiger partial charge in [-0.2, -0.15) is 0 Å². The standard InChI is InChI=1S/C17H19NO6/c1-5-6-9-17(15(21)23-3,16(22)24-4)10-13(19)12-8-7-11(2)18-14(12)20/h1,7-8H,6,9-10H2,2-4H3,(H,18,20). The van der Waals surface area contributed by atoms with Gasteiger partial charge in [0.05, 0.1) is 19.8 Å². The quantitative estimate of drug-likeness (QED) is 0.346. The molecule has 0 saturated heterocycles. The molecule has 24 heavy (non-hydrogen) atoms. The third-order valence-corrected chi connectivity index (χ3v) is 3.67. The normalized spacial score (nSPS) is 10.6. The van der Waals surface area contributed by atoms with Gasteiger partial charge >= 0.3 is 11.9 Å². The number of terminal acetylenes is 1. The van der Waals surface area contributed by atoms with Crippen molar-refractivity contribution < 1.29 is 23.9 Å². The molecule has 0 saturated carbocycles. The number of pyridine rings is 1. The van der Waals surface area contributed by atoms with Gasteiger partial charge in [0.15, 0.2) is 11.2 Å². The summed E-state index contributed by atoms with van der Waals surface area (Å²) in [7, 11) is 2.19. The minimum absolute atomic E-state index is 0.0573. The number of rotatable bonds is 7. The van der Waals surface area contributed by atoms with E-state index in [-0.39, 0.29) is 18.4 Å². The Morgan fingerprint density at radius 2 is 1.79 bits per heavy atom. The molecule has 0 fully saturated rings. The maximum atomic E-state index is 12.5. The van der Waals surface area contributed by atoms with E-state index in [1.54, 1.807) is 13.0 Å². The summed E-state index contributed by atoms with van der Waals surface area (Å²) in [4.78, 5) is 51.4. The number of hydrogen-bond donors (Lipinski definition) is 1. The Balaban J connectivity index is 3.31. The molecule has 1 heterocycles. The SMILES string of the molecule is C#CCCC(CC(=O)c1ccc(C)[nH]c1=O)(C(=O)OC)C(=O)OC. The van der Waals surface area contributed by atoms with Gasteiger partial charge in [0.2, 0.25) is 0 Å². The van der Waals surface area contributed by atoms with E-state index in [4.69, 9.17) is 6.42 Å². The molecule has 0 aliphatic carbocycles. The van der Waals surface area contributed by atoms with Crippen LogP contribution in [-0.2, 0) is 19.1 Å². The van der Waals surface area contributed by atoms with E-state index in [0.717, 1.165) is 14.2 Å². The lowest BCUT2D eigenvalue weighted by Gasteiger charge is -2.26. The van der Waals surface area contributed by atoms with Gasteiger partial charge in [-0.1, -0.05) is 0 Å². The molecule has 0 unspecified atom stereocenters. The number of ketones is 1. The van der Waals surface area contributed by atoms with E-state index in [1.165, 1.54) is 6.07 Å². The number of carbonyl (C=O) groups excluding carboxylic acids is 3. The lowest BCUT2D eigenvalue weighted by Crippen LogP contribution is -2.43. The van der Waals surface area contributed by atoms with Gasteiger partial charge < -0.3 is 14.5 Å². The summed E-state index contributed by atoms with van der Waals surface area (Å²) in [5, 5.41) is 0. The molecule has 128 valence electrons. The van der Waals surface area contributed by atoms with Crippen LogP contribution < -0.4 is 5.56 Å². The zero-order chi connectivity index (χ0) is 18.3. The number of carbonyl (C=O) groups is 3. The second-order valence-corrected chi connectivity index (χ2v) is 5.25. The van der Waals surface area contributed by atoms with E-state index >= 15 is 0 Å². The van der Waals surface area contributed by atoms with Gasteiger partial charge in [0.25, 0.3) is 5.56 Å². The van der Waals surface area contributed by atoms with Crippen molar-refractivity contribution in [3.8, 4) is 12.3 Å². The van der Waals surface area contributed by atoms with Crippen LogP contribution in [0.1, 0.15) is 35.3 Å². The largest absolute Gasteiger partial charge is 0.468 e. The van der Waals surface area contributed by atoms with Crippen LogP contribution in [0.5, 0.6) is 0 Å². The Labute approximate surface area is 139 Å². The number of aromatic amines is 1. The maximum Gasteiger partial charge on any atom is 0.323 e. The van der Waals surface area contributed by atoms with Crippen LogP contribution in [0.2, 0.25) is 0 Å². The highest BCUT2D eigenvalue weighted by Crippen LogP contribution is 2.33. The van der Waals surface area contributed by atoms with Crippen LogP contribution >= 0.6 is 0 Å². The van der Waals surface area contributed by atoms with Crippen LogP contribution in [0.25, 0.3) is 0 Å². The molecule has 1 N–H and O–H groups in total. The molecular weight excluding hydrogens is 314 g/mol. The molecule has 0 radical (unpaired) electrons. The van der Waals surface area contributed by atoms with Crippen LogP contribution in [0.4, 0.5) is 0 Å². The number of H-pyrrole nitrogens is 1. The molecule has 1 rings (SSSR count). The van der Waals surface area contributed by atoms with E-state index in [1.807, 2.05) is 0 Å². The molecule has 0 aromatic carbocycles. The number of methoxy groups -OCH3 is 2. The van der Waals surface area contributed by atoms with Crippen LogP contribution in [-0.4, -0.2) is 36.9 Å².